The second-order valence-corrected chi connectivity index (χ2v) is 7.39. The molecule has 0 radical (unpaired) electrons. The van der Waals surface area contributed by atoms with Crippen molar-refractivity contribution in [3.63, 3.8) is 0 Å². The molecule has 8 heteroatoms. The molecule has 0 atom stereocenters. The number of benzene rings is 2. The summed E-state index contributed by atoms with van der Waals surface area (Å²) in [6, 6.07) is 14.3. The van der Waals surface area contributed by atoms with Gasteiger partial charge in [0.2, 0.25) is 0 Å². The van der Waals surface area contributed by atoms with E-state index in [0.717, 1.165) is 10.0 Å². The van der Waals surface area contributed by atoms with Crippen LogP contribution in [0.2, 0.25) is 5.02 Å². The molecule has 3 rings (SSSR count). The number of esters is 1. The van der Waals surface area contributed by atoms with Gasteiger partial charge in [0.05, 0.1) is 0 Å². The minimum atomic E-state index is -0.652. The second kappa shape index (κ2) is 8.44. The van der Waals surface area contributed by atoms with Crippen LogP contribution in [0.5, 0.6) is 0 Å². The van der Waals surface area contributed by atoms with Gasteiger partial charge in [-0.3, -0.25) is 4.79 Å². The number of aromatic nitrogens is 1. The van der Waals surface area contributed by atoms with E-state index in [0.29, 0.717) is 15.7 Å². The molecule has 1 N–H and O–H groups in total. The summed E-state index contributed by atoms with van der Waals surface area (Å²) in [6.07, 6.45) is 0. The Bertz CT molecular complexity index is 944. The van der Waals surface area contributed by atoms with Crippen LogP contribution in [0.1, 0.15) is 10.5 Å². The minimum absolute atomic E-state index is 0.154. The number of nitrogens with one attached hydrogen (secondary N) is 1. The number of nitrogens with zero attached hydrogens (tertiary/aromatic N) is 1. The Morgan fingerprint density at radius 1 is 1.19 bits per heavy atom. The number of amides is 1. The van der Waals surface area contributed by atoms with E-state index >= 15 is 0 Å². The van der Waals surface area contributed by atoms with E-state index in [1.165, 1.54) is 11.3 Å². The highest BCUT2D eigenvalue weighted by Crippen LogP contribution is 2.26. The fraction of sp³-hybridized carbons (Fsp3) is 0.0556. The van der Waals surface area contributed by atoms with Gasteiger partial charge < -0.3 is 10.1 Å². The van der Waals surface area contributed by atoms with Gasteiger partial charge in [-0.1, -0.05) is 39.7 Å². The van der Waals surface area contributed by atoms with Crippen molar-refractivity contribution in [1.82, 2.24) is 4.98 Å². The summed E-state index contributed by atoms with van der Waals surface area (Å²) in [5.41, 5.74) is 1.59. The first-order chi connectivity index (χ1) is 12.5. The van der Waals surface area contributed by atoms with E-state index < -0.39 is 11.9 Å². The van der Waals surface area contributed by atoms with Crippen LogP contribution in [-0.4, -0.2) is 23.5 Å². The lowest BCUT2D eigenvalue weighted by atomic mass is 10.2. The smallest absolute Gasteiger partial charge is 0.358 e. The van der Waals surface area contributed by atoms with Crippen molar-refractivity contribution in [3.05, 3.63) is 69.1 Å². The minimum Gasteiger partial charge on any atom is -0.451 e. The molecule has 132 valence electrons. The van der Waals surface area contributed by atoms with Crippen molar-refractivity contribution in [2.75, 3.05) is 11.9 Å². The maximum atomic E-state index is 12.1. The van der Waals surface area contributed by atoms with Gasteiger partial charge in [-0.15, -0.1) is 11.3 Å². The van der Waals surface area contributed by atoms with E-state index in [-0.39, 0.29) is 12.3 Å². The molecule has 1 aromatic heterocycles. The lowest BCUT2D eigenvalue weighted by Gasteiger charge is -2.05. The van der Waals surface area contributed by atoms with Gasteiger partial charge in [-0.05, 0) is 36.4 Å². The molecule has 0 aliphatic heterocycles. The molecule has 0 saturated carbocycles. The van der Waals surface area contributed by atoms with Gasteiger partial charge in [0.1, 0.15) is 5.01 Å². The van der Waals surface area contributed by atoms with Crippen molar-refractivity contribution in [3.8, 4) is 10.6 Å². The zero-order valence-corrected chi connectivity index (χ0v) is 16.4. The van der Waals surface area contributed by atoms with E-state index in [2.05, 4.69) is 26.2 Å². The molecule has 5 nitrogen and oxygen atoms in total. The number of hydrogen-bond donors (Lipinski definition) is 1. The van der Waals surface area contributed by atoms with Crippen LogP contribution in [0.3, 0.4) is 0 Å². The summed E-state index contributed by atoms with van der Waals surface area (Å²) in [5, 5.41) is 5.47. The van der Waals surface area contributed by atoms with Crippen molar-refractivity contribution >= 4 is 56.4 Å². The number of halogens is 2. The number of rotatable bonds is 5. The Morgan fingerprint density at radius 2 is 1.96 bits per heavy atom. The second-order valence-electron chi connectivity index (χ2n) is 5.18. The zero-order chi connectivity index (χ0) is 18.5. The molecule has 1 amide bonds. The van der Waals surface area contributed by atoms with E-state index in [1.807, 2.05) is 12.1 Å². The topological polar surface area (TPSA) is 68.3 Å². The first-order valence-corrected chi connectivity index (χ1v) is 9.50. The highest BCUT2D eigenvalue weighted by atomic mass is 79.9. The molecule has 0 aliphatic rings. The highest BCUT2D eigenvalue weighted by Gasteiger charge is 2.15. The standard InChI is InChI=1S/C18H12BrClN2O3S/c19-12-4-6-14(7-5-12)21-16(23)9-25-18(24)15-10-26-17(22-15)11-2-1-3-13(20)8-11/h1-8,10H,9H2,(H,21,23). The summed E-state index contributed by atoms with van der Waals surface area (Å²) >= 11 is 10.6. The van der Waals surface area contributed by atoms with Gasteiger partial charge in [0.25, 0.3) is 5.91 Å². The number of carbonyl (C=O) groups excluding carboxylic acids is 2. The molecule has 0 unspecified atom stereocenters. The first kappa shape index (κ1) is 18.6. The number of carbonyl (C=O) groups is 2. The van der Waals surface area contributed by atoms with E-state index in [9.17, 15) is 9.59 Å². The summed E-state index contributed by atoms with van der Waals surface area (Å²) in [4.78, 5) is 28.2. The van der Waals surface area contributed by atoms with Crippen LogP contribution in [0.4, 0.5) is 5.69 Å². The van der Waals surface area contributed by atoms with Gasteiger partial charge >= 0.3 is 5.97 Å². The van der Waals surface area contributed by atoms with Gasteiger partial charge in [0.15, 0.2) is 12.3 Å². The predicted octanol–water partition coefficient (Wildman–Crippen LogP) is 5.02. The third-order valence-electron chi connectivity index (χ3n) is 3.25. The lowest BCUT2D eigenvalue weighted by molar-refractivity contribution is -0.119. The molecule has 0 saturated heterocycles. The lowest BCUT2D eigenvalue weighted by Crippen LogP contribution is -2.21. The molecule has 26 heavy (non-hydrogen) atoms. The molecule has 0 fully saturated rings. The fourth-order valence-electron chi connectivity index (χ4n) is 2.06. The molecule has 3 aromatic rings. The Morgan fingerprint density at radius 3 is 2.69 bits per heavy atom. The van der Waals surface area contributed by atoms with Crippen LogP contribution in [0.15, 0.2) is 58.4 Å². The molecule has 2 aromatic carbocycles. The average Bonchev–Trinajstić information content (AvgIpc) is 3.12. The zero-order valence-electron chi connectivity index (χ0n) is 13.2. The summed E-state index contributed by atoms with van der Waals surface area (Å²) in [6.45, 7) is -0.390. The van der Waals surface area contributed by atoms with Crippen molar-refractivity contribution in [2.45, 2.75) is 0 Å². The first-order valence-electron chi connectivity index (χ1n) is 7.45. The largest absolute Gasteiger partial charge is 0.451 e. The summed E-state index contributed by atoms with van der Waals surface area (Å²) in [5.74, 6) is -1.08. The highest BCUT2D eigenvalue weighted by molar-refractivity contribution is 9.10. The van der Waals surface area contributed by atoms with Crippen LogP contribution < -0.4 is 5.32 Å². The van der Waals surface area contributed by atoms with Crippen LogP contribution in [0.25, 0.3) is 10.6 Å². The summed E-state index contributed by atoms with van der Waals surface area (Å²) < 4.78 is 5.92. The normalized spacial score (nSPS) is 10.4. The van der Waals surface area contributed by atoms with Gasteiger partial charge in [0, 0.05) is 26.1 Å². The third kappa shape index (κ3) is 4.91. The predicted molar refractivity (Wildman–Crippen MR) is 106 cm³/mol. The van der Waals surface area contributed by atoms with Crippen molar-refractivity contribution in [1.29, 1.82) is 0 Å². The molecule has 0 aliphatic carbocycles. The van der Waals surface area contributed by atoms with Crippen LogP contribution in [-0.2, 0) is 9.53 Å². The number of hydrogen-bond acceptors (Lipinski definition) is 5. The fourth-order valence-corrected chi connectivity index (χ4v) is 3.30. The van der Waals surface area contributed by atoms with E-state index in [1.54, 1.807) is 41.8 Å². The van der Waals surface area contributed by atoms with E-state index in [4.69, 9.17) is 16.3 Å². The Labute approximate surface area is 167 Å². The SMILES string of the molecule is O=C(COC(=O)c1csc(-c2cccc(Cl)c2)n1)Nc1ccc(Br)cc1. The van der Waals surface area contributed by atoms with Crippen LogP contribution in [0, 0.1) is 0 Å². The maximum absolute atomic E-state index is 12.1. The molecular weight excluding hydrogens is 440 g/mol. The molecule has 0 spiro atoms. The molecule has 1 heterocycles. The van der Waals surface area contributed by atoms with Crippen LogP contribution >= 0.6 is 38.9 Å². The molecular formula is C18H12BrClN2O3S. The summed E-state index contributed by atoms with van der Waals surface area (Å²) in [7, 11) is 0. The Kier molecular flexibility index (Phi) is 6.03. The van der Waals surface area contributed by atoms with Gasteiger partial charge in [-0.25, -0.2) is 9.78 Å². The number of ether oxygens (including phenoxy) is 1. The quantitative estimate of drug-likeness (QED) is 0.553. The van der Waals surface area contributed by atoms with Crippen molar-refractivity contribution < 1.29 is 14.3 Å². The Balaban J connectivity index is 1.57. The number of anilines is 1. The monoisotopic (exact) mass is 450 g/mol. The third-order valence-corrected chi connectivity index (χ3v) is 4.90. The van der Waals surface area contributed by atoms with Crippen molar-refractivity contribution in [2.24, 2.45) is 0 Å². The molecule has 0 bridgehead atoms. The number of thiazole rings is 1. The average molecular weight is 452 g/mol. The maximum Gasteiger partial charge on any atom is 0.358 e. The van der Waals surface area contributed by atoms with Gasteiger partial charge in [-0.2, -0.15) is 0 Å². The Hall–Kier alpha value is -2.22.